The van der Waals surface area contributed by atoms with Crippen molar-refractivity contribution in [1.29, 1.82) is 0 Å². The second-order valence-corrected chi connectivity index (χ2v) is 6.66. The summed E-state index contributed by atoms with van der Waals surface area (Å²) in [5.74, 6) is 1.74. The van der Waals surface area contributed by atoms with Crippen LogP contribution in [0.3, 0.4) is 0 Å². The molecule has 0 fully saturated rings. The van der Waals surface area contributed by atoms with Crippen molar-refractivity contribution in [2.24, 2.45) is 0 Å². The topological polar surface area (TPSA) is 77.2 Å². The number of nitrogens with zero attached hydrogens (tertiary/aromatic N) is 2. The van der Waals surface area contributed by atoms with E-state index >= 15 is 0 Å². The summed E-state index contributed by atoms with van der Waals surface area (Å²) in [4.78, 5) is 11.0. The van der Waals surface area contributed by atoms with Crippen LogP contribution in [-0.4, -0.2) is 16.1 Å². The first kappa shape index (κ1) is 18.0. The minimum atomic E-state index is -0.111. The lowest BCUT2D eigenvalue weighted by atomic mass is 10.2. The molecule has 0 radical (unpaired) electrons. The number of hydrogen-bond acceptors (Lipinski definition) is 6. The van der Waals surface area contributed by atoms with Gasteiger partial charge in [-0.15, -0.1) is 10.2 Å². The first-order valence-electron chi connectivity index (χ1n) is 8.10. The van der Waals surface area contributed by atoms with Gasteiger partial charge in [0, 0.05) is 18.4 Å². The van der Waals surface area contributed by atoms with Crippen LogP contribution in [0.5, 0.6) is 5.75 Å². The maximum absolute atomic E-state index is 11.0. The Bertz CT molecular complexity index is 878. The fraction of sp³-hybridized carbons (Fsp3) is 0.211. The molecular weight excluding hydrogens is 350 g/mol. The summed E-state index contributed by atoms with van der Waals surface area (Å²) in [5.41, 5.74) is 3.16. The molecule has 3 rings (SSSR count). The third-order valence-electron chi connectivity index (χ3n) is 3.43. The number of carbonyl (C=O) groups excluding carboxylic acids is 1. The van der Waals surface area contributed by atoms with Crippen molar-refractivity contribution in [3.63, 3.8) is 0 Å². The molecule has 0 aliphatic rings. The Labute approximate surface area is 156 Å². The van der Waals surface area contributed by atoms with Gasteiger partial charge in [0.1, 0.15) is 5.75 Å². The normalized spacial score (nSPS) is 10.5. The number of amides is 1. The van der Waals surface area contributed by atoms with Crippen LogP contribution in [0.25, 0.3) is 0 Å². The number of carbonyl (C=O) groups is 1. The highest BCUT2D eigenvalue weighted by Crippen LogP contribution is 2.23. The smallest absolute Gasteiger partial charge is 0.277 e. The summed E-state index contributed by atoms with van der Waals surface area (Å²) in [7, 11) is 0. The molecule has 1 heterocycles. The van der Waals surface area contributed by atoms with Crippen LogP contribution in [0, 0.1) is 6.92 Å². The van der Waals surface area contributed by atoms with E-state index in [-0.39, 0.29) is 12.5 Å². The number of aryl methyl sites for hydroxylation is 1. The lowest BCUT2D eigenvalue weighted by molar-refractivity contribution is -0.114. The molecule has 0 unspecified atom stereocenters. The lowest BCUT2D eigenvalue weighted by Gasteiger charge is -2.05. The van der Waals surface area contributed by atoms with Gasteiger partial charge in [-0.25, -0.2) is 0 Å². The van der Waals surface area contributed by atoms with Crippen LogP contribution in [0.1, 0.15) is 23.9 Å². The Morgan fingerprint density at radius 1 is 1.19 bits per heavy atom. The Morgan fingerprint density at radius 2 is 2.00 bits per heavy atom. The van der Waals surface area contributed by atoms with Gasteiger partial charge in [0.15, 0.2) is 6.61 Å². The van der Waals surface area contributed by atoms with E-state index in [9.17, 15) is 4.79 Å². The maximum Gasteiger partial charge on any atom is 0.277 e. The first-order chi connectivity index (χ1) is 12.6. The minimum absolute atomic E-state index is 0.111. The zero-order chi connectivity index (χ0) is 18.4. The first-order valence-corrected chi connectivity index (χ1v) is 9.08. The largest absolute Gasteiger partial charge is 0.484 e. The molecule has 0 atom stereocenters. The quantitative estimate of drug-likeness (QED) is 0.629. The van der Waals surface area contributed by atoms with E-state index in [0.717, 1.165) is 11.4 Å². The fourth-order valence-electron chi connectivity index (χ4n) is 2.28. The van der Waals surface area contributed by atoms with E-state index in [1.54, 1.807) is 24.3 Å². The average molecular weight is 369 g/mol. The van der Waals surface area contributed by atoms with Gasteiger partial charge in [-0.05, 0) is 36.8 Å². The van der Waals surface area contributed by atoms with E-state index in [1.165, 1.54) is 29.8 Å². The van der Waals surface area contributed by atoms with Gasteiger partial charge >= 0.3 is 0 Å². The standard InChI is InChI=1S/C19H19N3O3S/c1-13-4-3-5-15(10-13)12-26-19-22-21-18(25-19)11-24-17-8-6-16(7-9-17)20-14(2)23/h3-10H,11-12H2,1-2H3,(H,20,23). The molecule has 2 aromatic carbocycles. The number of anilines is 1. The summed E-state index contributed by atoms with van der Waals surface area (Å²) >= 11 is 1.50. The fourth-order valence-corrected chi connectivity index (χ4v) is 3.01. The predicted octanol–water partition coefficient (Wildman–Crippen LogP) is 4.21. The Hall–Kier alpha value is -2.80. The summed E-state index contributed by atoms with van der Waals surface area (Å²) in [6.07, 6.45) is 0. The number of nitrogens with one attached hydrogen (secondary N) is 1. The molecular formula is C19H19N3O3S. The minimum Gasteiger partial charge on any atom is -0.484 e. The molecule has 6 nitrogen and oxygen atoms in total. The second-order valence-electron chi connectivity index (χ2n) is 5.73. The second kappa shape index (κ2) is 8.53. The average Bonchev–Trinajstić information content (AvgIpc) is 3.07. The van der Waals surface area contributed by atoms with Crippen molar-refractivity contribution < 1.29 is 13.9 Å². The molecule has 3 aromatic rings. The Balaban J connectivity index is 1.49. The van der Waals surface area contributed by atoms with E-state index in [0.29, 0.717) is 16.9 Å². The molecule has 1 N–H and O–H groups in total. The SMILES string of the molecule is CC(=O)Nc1ccc(OCc2nnc(SCc3cccc(C)c3)o2)cc1. The highest BCUT2D eigenvalue weighted by atomic mass is 32.2. The monoisotopic (exact) mass is 369 g/mol. The number of ether oxygens (including phenoxy) is 1. The molecule has 0 aliphatic carbocycles. The third kappa shape index (κ3) is 5.35. The van der Waals surface area contributed by atoms with Gasteiger partial charge in [0.2, 0.25) is 5.91 Å². The number of hydrogen-bond donors (Lipinski definition) is 1. The van der Waals surface area contributed by atoms with Gasteiger partial charge in [0.05, 0.1) is 0 Å². The summed E-state index contributed by atoms with van der Waals surface area (Å²) < 4.78 is 11.2. The van der Waals surface area contributed by atoms with Crippen molar-refractivity contribution in [2.45, 2.75) is 31.4 Å². The van der Waals surface area contributed by atoms with Crippen LogP contribution < -0.4 is 10.1 Å². The zero-order valence-corrected chi connectivity index (χ0v) is 15.4. The van der Waals surface area contributed by atoms with E-state index in [2.05, 4.69) is 40.6 Å². The maximum atomic E-state index is 11.0. The third-order valence-corrected chi connectivity index (χ3v) is 4.32. The highest BCUT2D eigenvalue weighted by molar-refractivity contribution is 7.98. The van der Waals surface area contributed by atoms with Gasteiger partial charge < -0.3 is 14.5 Å². The summed E-state index contributed by atoms with van der Waals surface area (Å²) in [5, 5.41) is 11.3. The van der Waals surface area contributed by atoms with E-state index in [4.69, 9.17) is 9.15 Å². The predicted molar refractivity (Wildman–Crippen MR) is 100 cm³/mol. The molecule has 0 saturated heterocycles. The van der Waals surface area contributed by atoms with Gasteiger partial charge in [-0.2, -0.15) is 0 Å². The van der Waals surface area contributed by atoms with Crippen molar-refractivity contribution >= 4 is 23.4 Å². The molecule has 0 saturated carbocycles. The van der Waals surface area contributed by atoms with Gasteiger partial charge in [-0.1, -0.05) is 41.6 Å². The van der Waals surface area contributed by atoms with E-state index < -0.39 is 0 Å². The van der Waals surface area contributed by atoms with Crippen LogP contribution in [0.4, 0.5) is 5.69 Å². The highest BCUT2D eigenvalue weighted by Gasteiger charge is 2.08. The van der Waals surface area contributed by atoms with Gasteiger partial charge in [-0.3, -0.25) is 4.79 Å². The van der Waals surface area contributed by atoms with Crippen molar-refractivity contribution in [2.75, 3.05) is 5.32 Å². The lowest BCUT2D eigenvalue weighted by Crippen LogP contribution is -2.05. The molecule has 1 amide bonds. The van der Waals surface area contributed by atoms with Crippen molar-refractivity contribution in [3.05, 3.63) is 65.5 Å². The molecule has 7 heteroatoms. The number of aromatic nitrogens is 2. The number of benzene rings is 2. The Morgan fingerprint density at radius 3 is 2.73 bits per heavy atom. The number of thioether (sulfide) groups is 1. The molecule has 0 aliphatic heterocycles. The van der Waals surface area contributed by atoms with Crippen molar-refractivity contribution in [1.82, 2.24) is 10.2 Å². The van der Waals surface area contributed by atoms with Gasteiger partial charge in [0.25, 0.3) is 11.1 Å². The molecule has 0 spiro atoms. The van der Waals surface area contributed by atoms with Crippen LogP contribution >= 0.6 is 11.8 Å². The molecule has 0 bridgehead atoms. The Kier molecular flexibility index (Phi) is 5.91. The van der Waals surface area contributed by atoms with Crippen LogP contribution in [-0.2, 0) is 17.2 Å². The number of rotatable bonds is 7. The van der Waals surface area contributed by atoms with Crippen molar-refractivity contribution in [3.8, 4) is 5.75 Å². The summed E-state index contributed by atoms with van der Waals surface area (Å²) in [6, 6.07) is 15.4. The van der Waals surface area contributed by atoms with Crippen LogP contribution in [0.2, 0.25) is 0 Å². The summed E-state index contributed by atoms with van der Waals surface area (Å²) in [6.45, 7) is 3.73. The molecule has 1 aromatic heterocycles. The molecule has 134 valence electrons. The zero-order valence-electron chi connectivity index (χ0n) is 14.6. The van der Waals surface area contributed by atoms with Crippen LogP contribution in [0.15, 0.2) is 58.2 Å². The van der Waals surface area contributed by atoms with E-state index in [1.807, 2.05) is 6.07 Å². The molecule has 26 heavy (non-hydrogen) atoms.